The molecule has 164 valence electrons. The van der Waals surface area contributed by atoms with Gasteiger partial charge in [-0.1, -0.05) is 6.07 Å². The molecule has 2 amide bonds. The van der Waals surface area contributed by atoms with Crippen molar-refractivity contribution < 1.29 is 23.5 Å². The Balaban J connectivity index is 1.32. The summed E-state index contributed by atoms with van der Waals surface area (Å²) in [4.78, 5) is 31.1. The first-order valence-corrected chi connectivity index (χ1v) is 11.1. The van der Waals surface area contributed by atoms with Crippen LogP contribution in [-0.4, -0.2) is 23.6 Å². The summed E-state index contributed by atoms with van der Waals surface area (Å²) >= 11 is 1.38. The summed E-state index contributed by atoms with van der Waals surface area (Å²) in [6.07, 6.45) is 2.29. The highest BCUT2D eigenvalue weighted by molar-refractivity contribution is 7.16. The number of amides is 2. The highest BCUT2D eigenvalue weighted by Gasteiger charge is 2.31. The van der Waals surface area contributed by atoms with Gasteiger partial charge in [0.2, 0.25) is 12.7 Å². The fraction of sp³-hybridized carbons (Fsp3) is 0.261. The van der Waals surface area contributed by atoms with E-state index < -0.39 is 5.92 Å². The lowest BCUT2D eigenvalue weighted by molar-refractivity contribution is -0.117. The van der Waals surface area contributed by atoms with Crippen molar-refractivity contribution in [3.05, 3.63) is 63.9 Å². The van der Waals surface area contributed by atoms with Crippen molar-refractivity contribution in [2.75, 3.05) is 17.4 Å². The molecule has 2 aromatic carbocycles. The fourth-order valence-corrected chi connectivity index (χ4v) is 4.89. The number of ether oxygens (including phenoxy) is 2. The Bertz CT molecular complexity index is 1230. The summed E-state index contributed by atoms with van der Waals surface area (Å²) in [5, 5.41) is 6.06. The molecule has 32 heavy (non-hydrogen) atoms. The van der Waals surface area contributed by atoms with Gasteiger partial charge in [-0.3, -0.25) is 14.9 Å². The lowest BCUT2D eigenvalue weighted by atomic mass is 9.90. The van der Waals surface area contributed by atoms with E-state index in [9.17, 15) is 14.0 Å². The molecule has 0 fully saturated rings. The fourth-order valence-electron chi connectivity index (χ4n) is 3.83. The molecule has 2 aliphatic rings. The largest absolute Gasteiger partial charge is 0.454 e. The van der Waals surface area contributed by atoms with Crippen LogP contribution in [0.3, 0.4) is 0 Å². The summed E-state index contributed by atoms with van der Waals surface area (Å²) in [6, 6.07) is 9.60. The maximum Gasteiger partial charge on any atom is 0.257 e. The van der Waals surface area contributed by atoms with E-state index in [2.05, 4.69) is 15.6 Å². The summed E-state index contributed by atoms with van der Waals surface area (Å²) in [5.74, 6) is -0.225. The monoisotopic (exact) mass is 453 g/mol. The molecule has 2 N–H and O–H groups in total. The van der Waals surface area contributed by atoms with Crippen molar-refractivity contribution in [2.45, 2.75) is 32.1 Å². The van der Waals surface area contributed by atoms with Crippen molar-refractivity contribution >= 4 is 34.0 Å². The Morgan fingerprint density at radius 1 is 1.12 bits per heavy atom. The Hall–Kier alpha value is -3.46. The van der Waals surface area contributed by atoms with Crippen LogP contribution in [0.25, 0.3) is 0 Å². The zero-order valence-corrected chi connectivity index (χ0v) is 18.1. The van der Waals surface area contributed by atoms with Gasteiger partial charge in [0.15, 0.2) is 16.6 Å². The number of rotatable bonds is 4. The molecule has 2 heterocycles. The maximum absolute atomic E-state index is 13.8. The molecule has 0 radical (unpaired) electrons. The molecule has 1 aromatic heterocycles. The van der Waals surface area contributed by atoms with E-state index in [0.29, 0.717) is 45.6 Å². The lowest BCUT2D eigenvalue weighted by Crippen LogP contribution is -2.24. The molecular weight excluding hydrogens is 433 g/mol. The van der Waals surface area contributed by atoms with Gasteiger partial charge >= 0.3 is 0 Å². The second kappa shape index (κ2) is 8.23. The van der Waals surface area contributed by atoms with E-state index in [4.69, 9.17) is 9.47 Å². The van der Waals surface area contributed by atoms with Crippen molar-refractivity contribution in [3.63, 3.8) is 0 Å². The molecule has 0 saturated heterocycles. The average Bonchev–Trinajstić information content (AvgIpc) is 3.41. The molecule has 0 spiro atoms. The van der Waals surface area contributed by atoms with Crippen LogP contribution < -0.4 is 20.1 Å². The number of nitrogens with one attached hydrogen (secondary N) is 2. The van der Waals surface area contributed by atoms with E-state index in [1.165, 1.54) is 17.4 Å². The van der Waals surface area contributed by atoms with Gasteiger partial charge in [0.25, 0.3) is 5.91 Å². The van der Waals surface area contributed by atoms with Gasteiger partial charge in [-0.25, -0.2) is 9.37 Å². The number of carbonyl (C=O) groups is 2. The quantitative estimate of drug-likeness (QED) is 0.601. The minimum absolute atomic E-state index is 0.137. The third kappa shape index (κ3) is 3.91. The minimum atomic E-state index is -0.449. The van der Waals surface area contributed by atoms with Gasteiger partial charge < -0.3 is 14.8 Å². The number of hydrogen-bond donors (Lipinski definition) is 2. The van der Waals surface area contributed by atoms with Gasteiger partial charge in [-0.2, -0.15) is 0 Å². The molecule has 1 aliphatic carbocycles. The number of benzene rings is 2. The van der Waals surface area contributed by atoms with E-state index in [-0.39, 0.29) is 24.4 Å². The molecular formula is C23H20FN3O4S. The number of aryl methyl sites for hydroxylation is 2. The van der Waals surface area contributed by atoms with E-state index in [1.807, 2.05) is 0 Å². The van der Waals surface area contributed by atoms with Crippen molar-refractivity contribution in [1.29, 1.82) is 0 Å². The number of nitrogens with zero attached hydrogens (tertiary/aromatic N) is 1. The van der Waals surface area contributed by atoms with Gasteiger partial charge in [0.1, 0.15) is 5.82 Å². The number of anilines is 2. The van der Waals surface area contributed by atoms with Crippen LogP contribution in [0.5, 0.6) is 11.5 Å². The molecule has 1 atom stereocenters. The van der Waals surface area contributed by atoms with Crippen LogP contribution in [0, 0.1) is 12.7 Å². The van der Waals surface area contributed by atoms with Gasteiger partial charge in [0.05, 0.1) is 11.6 Å². The Labute approximate surface area is 187 Å². The molecule has 5 rings (SSSR count). The number of aromatic nitrogens is 1. The SMILES string of the molecule is Cc1ccc(NC(=O)C2CCCc3sc(NC(=O)c4ccc5c(c4)OCO5)nc32)cc1F. The number of halogens is 1. The van der Waals surface area contributed by atoms with E-state index >= 15 is 0 Å². The predicted octanol–water partition coefficient (Wildman–Crippen LogP) is 4.63. The normalized spacial score (nSPS) is 16.4. The topological polar surface area (TPSA) is 89.6 Å². The van der Waals surface area contributed by atoms with Crippen LogP contribution in [-0.2, 0) is 11.2 Å². The van der Waals surface area contributed by atoms with E-state index in [0.717, 1.165) is 17.7 Å². The summed E-state index contributed by atoms with van der Waals surface area (Å²) < 4.78 is 24.4. The van der Waals surface area contributed by atoms with Gasteiger partial charge in [-0.15, -0.1) is 11.3 Å². The smallest absolute Gasteiger partial charge is 0.257 e. The first kappa shape index (κ1) is 20.4. The predicted molar refractivity (Wildman–Crippen MR) is 118 cm³/mol. The van der Waals surface area contributed by atoms with Crippen LogP contribution >= 0.6 is 11.3 Å². The third-order valence-electron chi connectivity index (χ3n) is 5.57. The number of fused-ring (bicyclic) bond motifs is 2. The molecule has 0 saturated carbocycles. The van der Waals surface area contributed by atoms with Crippen LogP contribution in [0.15, 0.2) is 36.4 Å². The first-order valence-electron chi connectivity index (χ1n) is 10.3. The highest BCUT2D eigenvalue weighted by atomic mass is 32.1. The van der Waals surface area contributed by atoms with Crippen molar-refractivity contribution in [1.82, 2.24) is 4.98 Å². The Morgan fingerprint density at radius 3 is 2.81 bits per heavy atom. The number of hydrogen-bond acceptors (Lipinski definition) is 6. The molecule has 0 bridgehead atoms. The zero-order chi connectivity index (χ0) is 22.2. The highest BCUT2D eigenvalue weighted by Crippen LogP contribution is 2.38. The molecule has 9 heteroatoms. The van der Waals surface area contributed by atoms with Crippen LogP contribution in [0.1, 0.15) is 45.3 Å². The minimum Gasteiger partial charge on any atom is -0.454 e. The standard InChI is InChI=1S/C23H20FN3O4S/c1-12-5-7-14(10-16(12)24)25-22(29)15-3-2-4-19-20(15)26-23(32-19)27-21(28)13-6-8-17-18(9-13)31-11-30-17/h5-10,15H,2-4,11H2,1H3,(H,25,29)(H,26,27,28). The first-order chi connectivity index (χ1) is 15.5. The summed E-state index contributed by atoms with van der Waals surface area (Å²) in [7, 11) is 0. The molecule has 1 aliphatic heterocycles. The van der Waals surface area contributed by atoms with Crippen molar-refractivity contribution in [2.24, 2.45) is 0 Å². The maximum atomic E-state index is 13.8. The van der Waals surface area contributed by atoms with Gasteiger partial charge in [0, 0.05) is 16.1 Å². The van der Waals surface area contributed by atoms with E-state index in [1.54, 1.807) is 37.3 Å². The summed E-state index contributed by atoms with van der Waals surface area (Å²) in [5.41, 5.74) is 2.03. The summed E-state index contributed by atoms with van der Waals surface area (Å²) in [6.45, 7) is 1.81. The second-order valence-electron chi connectivity index (χ2n) is 7.75. The lowest BCUT2D eigenvalue weighted by Gasteiger charge is -2.20. The van der Waals surface area contributed by atoms with Crippen LogP contribution in [0.4, 0.5) is 15.2 Å². The second-order valence-corrected chi connectivity index (χ2v) is 8.83. The molecule has 7 nitrogen and oxygen atoms in total. The third-order valence-corrected chi connectivity index (χ3v) is 6.61. The Kier molecular flexibility index (Phi) is 5.26. The number of carbonyl (C=O) groups excluding carboxylic acids is 2. The number of thiazole rings is 1. The van der Waals surface area contributed by atoms with Crippen LogP contribution in [0.2, 0.25) is 0 Å². The van der Waals surface area contributed by atoms with Crippen molar-refractivity contribution in [3.8, 4) is 11.5 Å². The zero-order valence-electron chi connectivity index (χ0n) is 17.2. The van der Waals surface area contributed by atoms with Gasteiger partial charge in [-0.05, 0) is 62.1 Å². The molecule has 3 aromatic rings. The Morgan fingerprint density at radius 2 is 1.97 bits per heavy atom. The molecule has 1 unspecified atom stereocenters. The average molecular weight is 453 g/mol.